The van der Waals surface area contributed by atoms with Gasteiger partial charge in [-0.25, -0.2) is 4.98 Å². The summed E-state index contributed by atoms with van der Waals surface area (Å²) in [5.41, 5.74) is 2.49. The maximum absolute atomic E-state index is 4.26. The molecule has 3 nitrogen and oxygen atoms in total. The first kappa shape index (κ1) is 14.8. The molecule has 1 aromatic carbocycles. The molecule has 0 amide bonds. The lowest BCUT2D eigenvalue weighted by atomic mass is 10.1. The second-order valence-electron chi connectivity index (χ2n) is 5.79. The maximum Gasteiger partial charge on any atom is 0.110 e. The highest BCUT2D eigenvalue weighted by atomic mass is 15.1. The first-order chi connectivity index (χ1) is 9.58. The van der Waals surface area contributed by atoms with Gasteiger partial charge in [-0.2, -0.15) is 0 Å². The molecule has 0 radical (unpaired) electrons. The van der Waals surface area contributed by atoms with E-state index in [1.165, 1.54) is 12.0 Å². The standard InChI is InChI=1S/C17H25N3/c1-13(2)9-10-18-14(3)16-5-7-17(8-6-16)20-12-11-19-15(20)4/h5-8,11-14,18H,9-10H2,1-4H3. The van der Waals surface area contributed by atoms with Gasteiger partial charge >= 0.3 is 0 Å². The van der Waals surface area contributed by atoms with E-state index in [0.29, 0.717) is 6.04 Å². The SMILES string of the molecule is Cc1nccn1-c1ccc(C(C)NCCC(C)C)cc1. The van der Waals surface area contributed by atoms with Crippen LogP contribution in [0.1, 0.15) is 44.6 Å². The molecule has 1 heterocycles. The van der Waals surface area contributed by atoms with Crippen molar-refractivity contribution in [2.45, 2.75) is 40.2 Å². The minimum absolute atomic E-state index is 0.395. The third-order valence-electron chi connectivity index (χ3n) is 3.67. The van der Waals surface area contributed by atoms with Gasteiger partial charge in [0, 0.05) is 24.1 Å². The van der Waals surface area contributed by atoms with Crippen LogP contribution in [-0.2, 0) is 0 Å². The second kappa shape index (κ2) is 6.71. The minimum atomic E-state index is 0.395. The quantitative estimate of drug-likeness (QED) is 0.864. The van der Waals surface area contributed by atoms with Crippen LogP contribution in [-0.4, -0.2) is 16.1 Å². The lowest BCUT2D eigenvalue weighted by molar-refractivity contribution is 0.497. The van der Waals surface area contributed by atoms with Crippen molar-refractivity contribution in [2.24, 2.45) is 5.92 Å². The monoisotopic (exact) mass is 271 g/mol. The summed E-state index contributed by atoms with van der Waals surface area (Å²) >= 11 is 0. The van der Waals surface area contributed by atoms with Crippen LogP contribution >= 0.6 is 0 Å². The summed E-state index contributed by atoms with van der Waals surface area (Å²) in [4.78, 5) is 4.26. The number of imidazole rings is 1. The molecule has 0 saturated carbocycles. The predicted molar refractivity (Wildman–Crippen MR) is 84.2 cm³/mol. The van der Waals surface area contributed by atoms with Gasteiger partial charge in [0.2, 0.25) is 0 Å². The molecule has 20 heavy (non-hydrogen) atoms. The number of hydrogen-bond acceptors (Lipinski definition) is 2. The summed E-state index contributed by atoms with van der Waals surface area (Å²) in [7, 11) is 0. The van der Waals surface area contributed by atoms with E-state index in [1.807, 2.05) is 19.3 Å². The molecule has 1 aromatic heterocycles. The van der Waals surface area contributed by atoms with E-state index >= 15 is 0 Å². The Kier molecular flexibility index (Phi) is 4.96. The molecule has 0 saturated heterocycles. The summed E-state index contributed by atoms with van der Waals surface area (Å²) in [5.74, 6) is 1.77. The van der Waals surface area contributed by atoms with Gasteiger partial charge in [0.05, 0.1) is 0 Å². The number of rotatable bonds is 6. The normalized spacial score (nSPS) is 12.8. The summed E-state index contributed by atoms with van der Waals surface area (Å²) in [5, 5.41) is 3.58. The van der Waals surface area contributed by atoms with Crippen LogP contribution < -0.4 is 5.32 Å². The van der Waals surface area contributed by atoms with Crippen LogP contribution in [0.2, 0.25) is 0 Å². The Morgan fingerprint density at radius 3 is 2.40 bits per heavy atom. The third kappa shape index (κ3) is 3.70. The Morgan fingerprint density at radius 1 is 1.15 bits per heavy atom. The molecule has 3 heteroatoms. The fraction of sp³-hybridized carbons (Fsp3) is 0.471. The van der Waals surface area contributed by atoms with Gasteiger partial charge < -0.3 is 9.88 Å². The summed E-state index contributed by atoms with van der Waals surface area (Å²) < 4.78 is 2.10. The Labute approximate surface area is 122 Å². The van der Waals surface area contributed by atoms with Gasteiger partial charge in [0.1, 0.15) is 5.82 Å². The summed E-state index contributed by atoms with van der Waals surface area (Å²) in [6, 6.07) is 9.10. The van der Waals surface area contributed by atoms with Crippen LogP contribution in [0.5, 0.6) is 0 Å². The van der Waals surface area contributed by atoms with Crippen LogP contribution in [0, 0.1) is 12.8 Å². The first-order valence-electron chi connectivity index (χ1n) is 7.41. The summed E-state index contributed by atoms with van der Waals surface area (Å²) in [6.07, 6.45) is 5.05. The van der Waals surface area contributed by atoms with Crippen molar-refractivity contribution in [2.75, 3.05) is 6.54 Å². The third-order valence-corrected chi connectivity index (χ3v) is 3.67. The van der Waals surface area contributed by atoms with Crippen molar-refractivity contribution < 1.29 is 0 Å². The number of benzene rings is 1. The van der Waals surface area contributed by atoms with E-state index in [9.17, 15) is 0 Å². The maximum atomic E-state index is 4.26. The van der Waals surface area contributed by atoms with Crippen molar-refractivity contribution in [1.82, 2.24) is 14.9 Å². The highest BCUT2D eigenvalue weighted by molar-refractivity contribution is 5.36. The molecule has 0 aliphatic rings. The van der Waals surface area contributed by atoms with Crippen LogP contribution in [0.4, 0.5) is 0 Å². The number of nitrogens with zero attached hydrogens (tertiary/aromatic N) is 2. The van der Waals surface area contributed by atoms with Crippen LogP contribution in [0.25, 0.3) is 5.69 Å². The molecule has 0 fully saturated rings. The molecule has 108 valence electrons. The molecular weight excluding hydrogens is 246 g/mol. The zero-order valence-electron chi connectivity index (χ0n) is 12.9. The number of aryl methyl sites for hydroxylation is 1. The van der Waals surface area contributed by atoms with Gasteiger partial charge in [0.15, 0.2) is 0 Å². The van der Waals surface area contributed by atoms with E-state index in [0.717, 1.165) is 24.0 Å². The van der Waals surface area contributed by atoms with Gasteiger partial charge in [-0.3, -0.25) is 0 Å². The summed E-state index contributed by atoms with van der Waals surface area (Å²) in [6.45, 7) is 9.83. The van der Waals surface area contributed by atoms with Crippen molar-refractivity contribution in [3.63, 3.8) is 0 Å². The molecule has 0 aliphatic heterocycles. The van der Waals surface area contributed by atoms with Gasteiger partial charge in [0.25, 0.3) is 0 Å². The molecule has 0 spiro atoms. The topological polar surface area (TPSA) is 29.9 Å². The molecular formula is C17H25N3. The Hall–Kier alpha value is -1.61. The Bertz CT molecular complexity index is 525. The highest BCUT2D eigenvalue weighted by Crippen LogP contribution is 2.17. The lowest BCUT2D eigenvalue weighted by Gasteiger charge is -2.16. The van der Waals surface area contributed by atoms with Crippen molar-refractivity contribution in [1.29, 1.82) is 0 Å². The fourth-order valence-corrected chi connectivity index (χ4v) is 2.28. The number of hydrogen-bond donors (Lipinski definition) is 1. The smallest absolute Gasteiger partial charge is 0.110 e. The van der Waals surface area contributed by atoms with Crippen molar-refractivity contribution in [3.8, 4) is 5.69 Å². The zero-order chi connectivity index (χ0) is 14.5. The first-order valence-corrected chi connectivity index (χ1v) is 7.41. The lowest BCUT2D eigenvalue weighted by Crippen LogP contribution is -2.20. The Balaban J connectivity index is 1.99. The molecule has 2 aromatic rings. The predicted octanol–water partition coefficient (Wildman–Crippen LogP) is 3.88. The van der Waals surface area contributed by atoms with E-state index < -0.39 is 0 Å². The molecule has 2 rings (SSSR count). The van der Waals surface area contributed by atoms with Crippen molar-refractivity contribution >= 4 is 0 Å². The molecule has 0 aliphatic carbocycles. The van der Waals surface area contributed by atoms with Crippen LogP contribution in [0.15, 0.2) is 36.7 Å². The van der Waals surface area contributed by atoms with E-state index in [-0.39, 0.29) is 0 Å². The van der Waals surface area contributed by atoms with Gasteiger partial charge in [-0.05, 0) is 50.4 Å². The van der Waals surface area contributed by atoms with E-state index in [1.54, 1.807) is 0 Å². The largest absolute Gasteiger partial charge is 0.310 e. The fourth-order valence-electron chi connectivity index (χ4n) is 2.28. The average Bonchev–Trinajstić information content (AvgIpc) is 2.84. The number of aromatic nitrogens is 2. The molecule has 1 N–H and O–H groups in total. The number of nitrogens with one attached hydrogen (secondary N) is 1. The van der Waals surface area contributed by atoms with Crippen molar-refractivity contribution in [3.05, 3.63) is 48.0 Å². The minimum Gasteiger partial charge on any atom is -0.310 e. The Morgan fingerprint density at radius 2 is 1.85 bits per heavy atom. The highest BCUT2D eigenvalue weighted by Gasteiger charge is 2.06. The molecule has 0 bridgehead atoms. The van der Waals surface area contributed by atoms with Crippen LogP contribution in [0.3, 0.4) is 0 Å². The molecule has 1 atom stereocenters. The average molecular weight is 271 g/mol. The van der Waals surface area contributed by atoms with E-state index in [2.05, 4.69) is 59.9 Å². The molecule has 1 unspecified atom stereocenters. The zero-order valence-corrected chi connectivity index (χ0v) is 12.9. The van der Waals surface area contributed by atoms with Gasteiger partial charge in [-0.15, -0.1) is 0 Å². The van der Waals surface area contributed by atoms with Gasteiger partial charge in [-0.1, -0.05) is 26.0 Å². The second-order valence-corrected chi connectivity index (χ2v) is 5.79. The van der Waals surface area contributed by atoms with E-state index in [4.69, 9.17) is 0 Å².